The van der Waals surface area contributed by atoms with Gasteiger partial charge in [0.1, 0.15) is 5.75 Å². The molecule has 0 N–H and O–H groups in total. The van der Waals surface area contributed by atoms with E-state index >= 15 is 0 Å². The summed E-state index contributed by atoms with van der Waals surface area (Å²) in [6, 6.07) is 5.42. The van der Waals surface area contributed by atoms with Crippen LogP contribution in [0.15, 0.2) is 18.2 Å². The maximum atomic E-state index is 12.4. The van der Waals surface area contributed by atoms with Crippen molar-refractivity contribution in [3.63, 3.8) is 0 Å². The molecule has 0 saturated carbocycles. The molecule has 1 aromatic carbocycles. The third-order valence-corrected chi connectivity index (χ3v) is 9.73. The first kappa shape index (κ1) is 20.0. The van der Waals surface area contributed by atoms with Crippen LogP contribution in [0.2, 0.25) is 18.1 Å². The van der Waals surface area contributed by atoms with Crippen LogP contribution in [0, 0.1) is 0 Å². The van der Waals surface area contributed by atoms with Crippen molar-refractivity contribution in [2.45, 2.75) is 76.7 Å². The summed E-state index contributed by atoms with van der Waals surface area (Å²) in [6.07, 6.45) is -4.28. The molecule has 1 aliphatic rings. The molecule has 2 rings (SSSR count). The summed E-state index contributed by atoms with van der Waals surface area (Å²) in [4.78, 5) is 12.3. The smallest absolute Gasteiger partial charge is 0.389 e. The number of fused-ring (bicyclic) bond motifs is 1. The number of Topliss-reactive ketones (excluding diaryl/α,β-unsaturated/α-hetero) is 1. The van der Waals surface area contributed by atoms with Gasteiger partial charge in [-0.2, -0.15) is 13.2 Å². The van der Waals surface area contributed by atoms with Gasteiger partial charge in [0.15, 0.2) is 5.78 Å². The first-order chi connectivity index (χ1) is 11.3. The molecule has 0 aliphatic heterocycles. The molecular formula is C19H27F3O2Si. The maximum absolute atomic E-state index is 12.4. The third kappa shape index (κ3) is 4.66. The van der Waals surface area contributed by atoms with Crippen molar-refractivity contribution in [3.05, 3.63) is 29.3 Å². The molecule has 1 unspecified atom stereocenters. The molecule has 0 saturated heterocycles. The first-order valence-electron chi connectivity index (χ1n) is 8.74. The zero-order valence-electron chi connectivity index (χ0n) is 15.6. The van der Waals surface area contributed by atoms with Crippen molar-refractivity contribution in [2.24, 2.45) is 0 Å². The predicted octanol–water partition coefficient (Wildman–Crippen LogP) is 6.47. The molecule has 0 aromatic heterocycles. The fraction of sp³-hybridized carbons (Fsp3) is 0.632. The van der Waals surface area contributed by atoms with Crippen molar-refractivity contribution in [1.29, 1.82) is 0 Å². The van der Waals surface area contributed by atoms with Crippen molar-refractivity contribution >= 4 is 14.1 Å². The summed E-state index contributed by atoms with van der Waals surface area (Å²) >= 11 is 0. The van der Waals surface area contributed by atoms with Crippen molar-refractivity contribution in [2.75, 3.05) is 0 Å². The molecule has 0 bridgehead atoms. The molecular weight excluding hydrogens is 345 g/mol. The molecule has 0 amide bonds. The molecule has 1 aliphatic carbocycles. The lowest BCUT2D eigenvalue weighted by molar-refractivity contribution is -0.135. The summed E-state index contributed by atoms with van der Waals surface area (Å²) in [7, 11) is -2.09. The van der Waals surface area contributed by atoms with E-state index in [1.807, 2.05) is 6.07 Å². The fourth-order valence-corrected chi connectivity index (χ4v) is 3.99. The molecule has 0 fully saturated rings. The highest BCUT2D eigenvalue weighted by Crippen LogP contribution is 2.45. The highest BCUT2D eigenvalue weighted by atomic mass is 28.4. The molecule has 2 nitrogen and oxygen atoms in total. The summed E-state index contributed by atoms with van der Waals surface area (Å²) in [5, 5.41) is 0.00409. The average molecular weight is 373 g/mol. The van der Waals surface area contributed by atoms with Crippen LogP contribution in [0.4, 0.5) is 13.2 Å². The standard InChI is InChI=1S/C19H27F3O2Si/c1-18(2,3)25(4,5)24-16-10-6-9-14-15(23)12-13(17(14)16)8-7-11-19(20,21)22/h6,9-10,13H,7-8,11-12H2,1-5H3. The van der Waals surface area contributed by atoms with E-state index in [1.165, 1.54) is 0 Å². The second-order valence-electron chi connectivity index (χ2n) is 8.41. The van der Waals surface area contributed by atoms with Crippen LogP contribution in [0.3, 0.4) is 0 Å². The minimum atomic E-state index is -4.15. The Morgan fingerprint density at radius 2 is 1.84 bits per heavy atom. The molecule has 0 radical (unpaired) electrons. The zero-order chi connectivity index (χ0) is 19.0. The average Bonchev–Trinajstić information content (AvgIpc) is 2.74. The highest BCUT2D eigenvalue weighted by Gasteiger charge is 2.41. The van der Waals surface area contributed by atoms with Gasteiger partial charge in [-0.3, -0.25) is 4.79 Å². The molecule has 140 valence electrons. The van der Waals surface area contributed by atoms with E-state index in [4.69, 9.17) is 4.43 Å². The van der Waals surface area contributed by atoms with E-state index in [9.17, 15) is 18.0 Å². The third-order valence-electron chi connectivity index (χ3n) is 5.39. The van der Waals surface area contributed by atoms with Crippen molar-refractivity contribution in [3.8, 4) is 5.75 Å². The van der Waals surface area contributed by atoms with Crippen LogP contribution in [-0.4, -0.2) is 20.3 Å². The van der Waals surface area contributed by atoms with E-state index in [2.05, 4.69) is 33.9 Å². The van der Waals surface area contributed by atoms with Crippen molar-refractivity contribution < 1.29 is 22.4 Å². The Hall–Kier alpha value is -1.30. The normalized spacial score (nSPS) is 18.4. The number of rotatable bonds is 5. The Labute approximate surface area is 148 Å². The lowest BCUT2D eigenvalue weighted by Crippen LogP contribution is -2.44. The summed E-state index contributed by atoms with van der Waals surface area (Å²) in [5.74, 6) is 0.519. The molecule has 0 spiro atoms. The van der Waals surface area contributed by atoms with Gasteiger partial charge >= 0.3 is 6.18 Å². The second kappa shape index (κ2) is 6.78. The summed E-state index contributed by atoms with van der Waals surface area (Å²) < 4.78 is 43.7. The number of halogens is 3. The molecule has 25 heavy (non-hydrogen) atoms. The maximum Gasteiger partial charge on any atom is 0.389 e. The monoisotopic (exact) mass is 372 g/mol. The highest BCUT2D eigenvalue weighted by molar-refractivity contribution is 6.74. The van der Waals surface area contributed by atoms with Gasteiger partial charge < -0.3 is 4.43 Å². The van der Waals surface area contributed by atoms with Crippen LogP contribution in [-0.2, 0) is 0 Å². The predicted molar refractivity (Wildman–Crippen MR) is 95.9 cm³/mol. The van der Waals surface area contributed by atoms with Gasteiger partial charge in [-0.05, 0) is 43.0 Å². The summed E-state index contributed by atoms with van der Waals surface area (Å²) in [5.41, 5.74) is 1.44. The Kier molecular flexibility index (Phi) is 5.43. The SMILES string of the molecule is CC(C)(C)[Si](C)(C)Oc1cccc2c1C(CCCC(F)(F)F)CC2=O. The number of benzene rings is 1. The Bertz CT molecular complexity index is 645. The first-order valence-corrected chi connectivity index (χ1v) is 11.6. The van der Waals surface area contributed by atoms with E-state index in [1.54, 1.807) is 12.1 Å². The minimum Gasteiger partial charge on any atom is -0.543 e. The van der Waals surface area contributed by atoms with E-state index in [0.29, 0.717) is 17.7 Å². The molecule has 6 heteroatoms. The van der Waals surface area contributed by atoms with E-state index in [0.717, 1.165) is 5.56 Å². The number of alkyl halides is 3. The zero-order valence-corrected chi connectivity index (χ0v) is 16.6. The Morgan fingerprint density at radius 1 is 1.20 bits per heavy atom. The number of carbonyl (C=O) groups is 1. The molecule has 0 heterocycles. The summed E-state index contributed by atoms with van der Waals surface area (Å²) in [6.45, 7) is 10.7. The number of ketones is 1. The van der Waals surface area contributed by atoms with Crippen LogP contribution in [0.5, 0.6) is 5.75 Å². The van der Waals surface area contributed by atoms with Gasteiger partial charge in [-0.15, -0.1) is 0 Å². The van der Waals surface area contributed by atoms with Gasteiger partial charge in [-0.1, -0.05) is 32.9 Å². The van der Waals surface area contributed by atoms with Crippen LogP contribution in [0.25, 0.3) is 0 Å². The van der Waals surface area contributed by atoms with Gasteiger partial charge in [0.25, 0.3) is 0 Å². The van der Waals surface area contributed by atoms with Crippen molar-refractivity contribution in [1.82, 2.24) is 0 Å². The lowest BCUT2D eigenvalue weighted by atomic mass is 9.94. The van der Waals surface area contributed by atoms with Crippen LogP contribution < -0.4 is 4.43 Å². The fourth-order valence-electron chi connectivity index (χ4n) is 2.96. The van der Waals surface area contributed by atoms with Gasteiger partial charge in [-0.25, -0.2) is 0 Å². The van der Waals surface area contributed by atoms with Gasteiger partial charge in [0.05, 0.1) is 0 Å². The number of hydrogen-bond acceptors (Lipinski definition) is 2. The minimum absolute atomic E-state index is 0.00409. The van der Waals surface area contributed by atoms with Gasteiger partial charge in [0, 0.05) is 24.0 Å². The Morgan fingerprint density at radius 3 is 2.40 bits per heavy atom. The van der Waals surface area contributed by atoms with E-state index < -0.39 is 20.9 Å². The largest absolute Gasteiger partial charge is 0.543 e. The van der Waals surface area contributed by atoms with E-state index in [-0.39, 0.29) is 29.6 Å². The molecule has 1 atom stereocenters. The quantitative estimate of drug-likeness (QED) is 0.553. The lowest BCUT2D eigenvalue weighted by Gasteiger charge is -2.37. The topological polar surface area (TPSA) is 26.3 Å². The Balaban J connectivity index is 2.26. The van der Waals surface area contributed by atoms with Crippen LogP contribution in [0.1, 0.15) is 68.3 Å². The van der Waals surface area contributed by atoms with Gasteiger partial charge in [0.2, 0.25) is 8.32 Å². The van der Waals surface area contributed by atoms with Crippen LogP contribution >= 0.6 is 0 Å². The second-order valence-corrected chi connectivity index (χ2v) is 13.1. The molecule has 1 aromatic rings. The number of hydrogen-bond donors (Lipinski definition) is 0. The number of carbonyl (C=O) groups excluding carboxylic acids is 1.